The van der Waals surface area contributed by atoms with Crippen LogP contribution in [-0.4, -0.2) is 16.7 Å². The topological polar surface area (TPSA) is 61.0 Å². The van der Waals surface area contributed by atoms with E-state index in [0.717, 1.165) is 17.0 Å². The summed E-state index contributed by atoms with van der Waals surface area (Å²) in [7, 11) is 1.63. The van der Waals surface area contributed by atoms with E-state index in [0.29, 0.717) is 0 Å². The minimum absolute atomic E-state index is 0.237. The standard InChI is InChI=1S/C10H11N3OS/c1-14-8-4-2-3-7(5-8)10(11)9-6-15-13-12-9/h2-6,10H,11H2,1H3. The molecule has 15 heavy (non-hydrogen) atoms. The molecule has 0 aliphatic rings. The van der Waals surface area contributed by atoms with Gasteiger partial charge in [0.1, 0.15) is 5.75 Å². The molecule has 1 atom stereocenters. The van der Waals surface area contributed by atoms with E-state index in [-0.39, 0.29) is 6.04 Å². The molecule has 1 unspecified atom stereocenters. The van der Waals surface area contributed by atoms with Gasteiger partial charge in [0.05, 0.1) is 18.8 Å². The average Bonchev–Trinajstić information content (AvgIpc) is 2.81. The van der Waals surface area contributed by atoms with Gasteiger partial charge >= 0.3 is 0 Å². The molecule has 0 radical (unpaired) electrons. The van der Waals surface area contributed by atoms with E-state index in [1.165, 1.54) is 11.5 Å². The third kappa shape index (κ3) is 2.14. The van der Waals surface area contributed by atoms with E-state index in [1.807, 2.05) is 29.6 Å². The summed E-state index contributed by atoms with van der Waals surface area (Å²) in [5.74, 6) is 0.797. The van der Waals surface area contributed by atoms with E-state index in [4.69, 9.17) is 10.5 Å². The van der Waals surface area contributed by atoms with Crippen molar-refractivity contribution in [1.29, 1.82) is 0 Å². The Morgan fingerprint density at radius 2 is 2.33 bits per heavy atom. The maximum atomic E-state index is 6.03. The number of aromatic nitrogens is 2. The Balaban J connectivity index is 2.29. The smallest absolute Gasteiger partial charge is 0.119 e. The van der Waals surface area contributed by atoms with Gasteiger partial charge in [-0.1, -0.05) is 16.6 Å². The predicted molar refractivity (Wildman–Crippen MR) is 58.9 cm³/mol. The Bertz CT molecular complexity index is 430. The third-order valence-electron chi connectivity index (χ3n) is 2.15. The lowest BCUT2D eigenvalue weighted by atomic mass is 10.1. The fraction of sp³-hybridized carbons (Fsp3) is 0.200. The molecule has 0 saturated carbocycles. The van der Waals surface area contributed by atoms with Crippen molar-refractivity contribution in [2.75, 3.05) is 7.11 Å². The minimum Gasteiger partial charge on any atom is -0.497 e. The fourth-order valence-electron chi connectivity index (χ4n) is 1.31. The Kier molecular flexibility index (Phi) is 2.94. The molecule has 4 nitrogen and oxygen atoms in total. The van der Waals surface area contributed by atoms with Gasteiger partial charge in [-0.05, 0) is 29.2 Å². The minimum atomic E-state index is -0.237. The van der Waals surface area contributed by atoms with Gasteiger partial charge in [0, 0.05) is 5.38 Å². The van der Waals surface area contributed by atoms with Crippen molar-refractivity contribution in [2.24, 2.45) is 5.73 Å². The van der Waals surface area contributed by atoms with Crippen LogP contribution in [0.4, 0.5) is 0 Å². The second-order valence-electron chi connectivity index (χ2n) is 3.08. The maximum Gasteiger partial charge on any atom is 0.119 e. The summed E-state index contributed by atoms with van der Waals surface area (Å²) in [5, 5.41) is 5.80. The SMILES string of the molecule is COc1cccc(C(N)c2csnn2)c1. The summed E-state index contributed by atoms with van der Waals surface area (Å²) in [6.07, 6.45) is 0. The first-order valence-corrected chi connectivity index (χ1v) is 5.31. The molecule has 78 valence electrons. The summed E-state index contributed by atoms with van der Waals surface area (Å²) in [5.41, 5.74) is 7.79. The highest BCUT2D eigenvalue weighted by Gasteiger charge is 2.11. The van der Waals surface area contributed by atoms with Crippen LogP contribution in [0.25, 0.3) is 0 Å². The summed E-state index contributed by atoms with van der Waals surface area (Å²) >= 11 is 1.30. The molecular weight excluding hydrogens is 210 g/mol. The van der Waals surface area contributed by atoms with E-state index in [9.17, 15) is 0 Å². The van der Waals surface area contributed by atoms with Crippen LogP contribution >= 0.6 is 11.5 Å². The molecule has 0 aliphatic heterocycles. The van der Waals surface area contributed by atoms with E-state index in [2.05, 4.69) is 9.59 Å². The molecule has 0 bridgehead atoms. The van der Waals surface area contributed by atoms with Crippen LogP contribution in [-0.2, 0) is 0 Å². The van der Waals surface area contributed by atoms with Gasteiger partial charge in [-0.15, -0.1) is 5.10 Å². The first-order chi connectivity index (χ1) is 7.31. The highest BCUT2D eigenvalue weighted by Crippen LogP contribution is 2.22. The Morgan fingerprint density at radius 1 is 1.47 bits per heavy atom. The van der Waals surface area contributed by atoms with E-state index in [1.54, 1.807) is 7.11 Å². The molecule has 0 saturated heterocycles. The largest absolute Gasteiger partial charge is 0.497 e. The average molecular weight is 221 g/mol. The van der Waals surface area contributed by atoms with Gasteiger partial charge in [0.15, 0.2) is 0 Å². The molecule has 2 N–H and O–H groups in total. The highest BCUT2D eigenvalue weighted by molar-refractivity contribution is 7.03. The lowest BCUT2D eigenvalue weighted by molar-refractivity contribution is 0.414. The number of methoxy groups -OCH3 is 1. The summed E-state index contributed by atoms with van der Waals surface area (Å²) in [6.45, 7) is 0. The Morgan fingerprint density at radius 3 is 3.00 bits per heavy atom. The molecule has 2 rings (SSSR count). The third-order valence-corrected chi connectivity index (χ3v) is 2.67. The highest BCUT2D eigenvalue weighted by atomic mass is 32.1. The van der Waals surface area contributed by atoms with Gasteiger partial charge in [-0.3, -0.25) is 0 Å². The predicted octanol–water partition coefficient (Wildman–Crippen LogP) is 1.59. The van der Waals surface area contributed by atoms with Gasteiger partial charge in [-0.25, -0.2) is 0 Å². The molecule has 2 aromatic rings. The summed E-state index contributed by atoms with van der Waals surface area (Å²) in [4.78, 5) is 0. The maximum absolute atomic E-state index is 6.03. The lowest BCUT2D eigenvalue weighted by Crippen LogP contribution is -2.12. The Hall–Kier alpha value is -1.46. The zero-order valence-corrected chi connectivity index (χ0v) is 9.07. The second kappa shape index (κ2) is 4.37. The molecule has 0 aliphatic carbocycles. The van der Waals surface area contributed by atoms with Crippen molar-refractivity contribution in [1.82, 2.24) is 9.59 Å². The fourth-order valence-corrected chi connectivity index (χ4v) is 1.80. The monoisotopic (exact) mass is 221 g/mol. The molecule has 1 aromatic heterocycles. The van der Waals surface area contributed by atoms with Gasteiger partial charge < -0.3 is 10.5 Å². The zero-order valence-electron chi connectivity index (χ0n) is 8.25. The van der Waals surface area contributed by atoms with Crippen molar-refractivity contribution < 1.29 is 4.74 Å². The van der Waals surface area contributed by atoms with Gasteiger partial charge in [-0.2, -0.15) is 0 Å². The number of benzene rings is 1. The van der Waals surface area contributed by atoms with Crippen molar-refractivity contribution >= 4 is 11.5 Å². The molecule has 0 spiro atoms. The number of hydrogen-bond acceptors (Lipinski definition) is 5. The van der Waals surface area contributed by atoms with Gasteiger partial charge in [0.25, 0.3) is 0 Å². The second-order valence-corrected chi connectivity index (χ2v) is 3.69. The normalized spacial score (nSPS) is 12.4. The molecular formula is C10H11N3OS. The van der Waals surface area contributed by atoms with Crippen molar-refractivity contribution in [3.8, 4) is 5.75 Å². The number of nitrogens with zero attached hydrogens (tertiary/aromatic N) is 2. The summed E-state index contributed by atoms with van der Waals surface area (Å²) in [6, 6.07) is 7.42. The van der Waals surface area contributed by atoms with Crippen molar-refractivity contribution in [2.45, 2.75) is 6.04 Å². The molecule has 1 heterocycles. The van der Waals surface area contributed by atoms with Crippen molar-refractivity contribution in [3.63, 3.8) is 0 Å². The number of ether oxygens (including phenoxy) is 1. The van der Waals surface area contributed by atoms with Crippen LogP contribution in [0, 0.1) is 0 Å². The van der Waals surface area contributed by atoms with Crippen molar-refractivity contribution in [3.05, 3.63) is 40.9 Å². The van der Waals surface area contributed by atoms with Crippen LogP contribution in [0.2, 0.25) is 0 Å². The van der Waals surface area contributed by atoms with E-state index < -0.39 is 0 Å². The Labute approximate surface area is 91.9 Å². The molecule has 0 amide bonds. The van der Waals surface area contributed by atoms with E-state index >= 15 is 0 Å². The summed E-state index contributed by atoms with van der Waals surface area (Å²) < 4.78 is 8.93. The van der Waals surface area contributed by atoms with Gasteiger partial charge in [0.2, 0.25) is 0 Å². The number of rotatable bonds is 3. The van der Waals surface area contributed by atoms with Crippen LogP contribution in [0.3, 0.4) is 0 Å². The van der Waals surface area contributed by atoms with Crippen LogP contribution < -0.4 is 10.5 Å². The number of hydrogen-bond donors (Lipinski definition) is 1. The van der Waals surface area contributed by atoms with Crippen LogP contribution in [0.5, 0.6) is 5.75 Å². The first kappa shape index (κ1) is 10.1. The number of nitrogens with two attached hydrogens (primary N) is 1. The van der Waals surface area contributed by atoms with Crippen LogP contribution in [0.15, 0.2) is 29.6 Å². The molecule has 0 fully saturated rings. The van der Waals surface area contributed by atoms with Crippen LogP contribution in [0.1, 0.15) is 17.3 Å². The first-order valence-electron chi connectivity index (χ1n) is 4.47. The molecule has 5 heteroatoms. The quantitative estimate of drug-likeness (QED) is 0.855. The zero-order chi connectivity index (χ0) is 10.7. The lowest BCUT2D eigenvalue weighted by Gasteiger charge is -2.09. The molecule has 1 aromatic carbocycles.